The van der Waals surface area contributed by atoms with Gasteiger partial charge in [0, 0.05) is 20.4 Å². The van der Waals surface area contributed by atoms with Crippen molar-refractivity contribution in [3.63, 3.8) is 0 Å². The number of carbonyl (C=O) groups is 1. The van der Waals surface area contributed by atoms with Crippen LogP contribution in [-0.2, 0) is 18.4 Å². The number of methoxy groups -OCH3 is 1. The number of ether oxygens (including phenoxy) is 1. The van der Waals surface area contributed by atoms with Crippen LogP contribution < -0.4 is 0 Å². The van der Waals surface area contributed by atoms with Gasteiger partial charge >= 0.3 is 5.97 Å². The summed E-state index contributed by atoms with van der Waals surface area (Å²) in [5.74, 6) is -0.682. The summed E-state index contributed by atoms with van der Waals surface area (Å²) < 4.78 is 12.0. The van der Waals surface area contributed by atoms with Crippen molar-refractivity contribution in [3.05, 3.63) is 35.9 Å². The molecular formula is C12H13NO4. The number of rotatable bonds is 4. The molecule has 0 atom stereocenters. The van der Waals surface area contributed by atoms with Crippen LogP contribution in [0.3, 0.4) is 0 Å². The highest BCUT2D eigenvalue weighted by Gasteiger charge is 2.22. The zero-order chi connectivity index (χ0) is 12.4. The molecule has 5 heteroatoms. The van der Waals surface area contributed by atoms with Crippen molar-refractivity contribution < 1.29 is 19.1 Å². The Hall–Kier alpha value is -2.01. The molecule has 5 nitrogen and oxygen atoms in total. The third kappa shape index (κ3) is 1.97. The molecule has 2 aromatic rings. The molecule has 1 N–H and O–H groups in total. The standard InChI is InChI=1S/C12H13NO4/c1-13-5-3-4-9(13)8-6-17-10(7-16-2)11(8)12(14)15/h3-6H,7H2,1-2H3,(H,14,15). The lowest BCUT2D eigenvalue weighted by Crippen LogP contribution is -2.03. The summed E-state index contributed by atoms with van der Waals surface area (Å²) >= 11 is 0. The number of aromatic nitrogens is 1. The van der Waals surface area contributed by atoms with Gasteiger partial charge in [0.25, 0.3) is 0 Å². The van der Waals surface area contributed by atoms with Gasteiger partial charge in [-0.15, -0.1) is 0 Å². The van der Waals surface area contributed by atoms with Crippen LogP contribution in [0, 0.1) is 0 Å². The number of hydrogen-bond acceptors (Lipinski definition) is 3. The maximum Gasteiger partial charge on any atom is 0.340 e. The minimum atomic E-state index is -1.01. The van der Waals surface area contributed by atoms with Gasteiger partial charge in [-0.05, 0) is 12.1 Å². The molecule has 2 rings (SSSR count). The lowest BCUT2D eigenvalue weighted by atomic mass is 10.1. The van der Waals surface area contributed by atoms with E-state index in [2.05, 4.69) is 0 Å². The predicted octanol–water partition coefficient (Wildman–Crippen LogP) is 2.13. The topological polar surface area (TPSA) is 64.6 Å². The van der Waals surface area contributed by atoms with E-state index in [1.165, 1.54) is 13.4 Å². The van der Waals surface area contributed by atoms with Crippen molar-refractivity contribution >= 4 is 5.97 Å². The van der Waals surface area contributed by atoms with E-state index in [9.17, 15) is 9.90 Å². The number of aromatic carboxylic acids is 1. The minimum Gasteiger partial charge on any atom is -0.478 e. The summed E-state index contributed by atoms with van der Waals surface area (Å²) in [6, 6.07) is 3.69. The van der Waals surface area contributed by atoms with E-state index in [4.69, 9.17) is 9.15 Å². The van der Waals surface area contributed by atoms with E-state index in [-0.39, 0.29) is 12.2 Å². The maximum atomic E-state index is 11.3. The van der Waals surface area contributed by atoms with E-state index in [1.54, 1.807) is 0 Å². The second kappa shape index (κ2) is 4.47. The molecule has 0 aliphatic heterocycles. The van der Waals surface area contributed by atoms with Gasteiger partial charge in [-0.2, -0.15) is 0 Å². The van der Waals surface area contributed by atoms with Gasteiger partial charge in [0.2, 0.25) is 0 Å². The Labute approximate surface area is 98.2 Å². The molecule has 0 aliphatic rings. The molecule has 0 bridgehead atoms. The van der Waals surface area contributed by atoms with Gasteiger partial charge in [0.15, 0.2) is 0 Å². The Bertz CT molecular complexity index is 538. The van der Waals surface area contributed by atoms with Gasteiger partial charge in [-0.3, -0.25) is 0 Å². The van der Waals surface area contributed by atoms with Gasteiger partial charge in [-0.25, -0.2) is 4.79 Å². The lowest BCUT2D eigenvalue weighted by molar-refractivity contribution is 0.0689. The highest BCUT2D eigenvalue weighted by Crippen LogP contribution is 2.28. The van der Waals surface area contributed by atoms with Crippen molar-refractivity contribution in [2.75, 3.05) is 7.11 Å². The normalized spacial score (nSPS) is 10.7. The quantitative estimate of drug-likeness (QED) is 0.881. The second-order valence-corrected chi connectivity index (χ2v) is 3.69. The second-order valence-electron chi connectivity index (χ2n) is 3.69. The van der Waals surface area contributed by atoms with Gasteiger partial charge < -0.3 is 18.8 Å². The maximum absolute atomic E-state index is 11.3. The van der Waals surface area contributed by atoms with Crippen LogP contribution in [0.4, 0.5) is 0 Å². The molecule has 0 fully saturated rings. The van der Waals surface area contributed by atoms with E-state index in [0.717, 1.165) is 5.69 Å². The van der Waals surface area contributed by atoms with Crippen LogP contribution in [0.1, 0.15) is 16.1 Å². The van der Waals surface area contributed by atoms with Gasteiger partial charge in [0.1, 0.15) is 24.2 Å². The van der Waals surface area contributed by atoms with Gasteiger partial charge in [-0.1, -0.05) is 0 Å². The predicted molar refractivity (Wildman–Crippen MR) is 60.8 cm³/mol. The Morgan fingerprint density at radius 3 is 2.88 bits per heavy atom. The Kier molecular flexibility index (Phi) is 3.01. The number of nitrogens with zero attached hydrogens (tertiary/aromatic N) is 1. The minimum absolute atomic E-state index is 0.145. The monoisotopic (exact) mass is 235 g/mol. The fourth-order valence-electron chi connectivity index (χ4n) is 1.80. The molecule has 0 spiro atoms. The summed E-state index contributed by atoms with van der Waals surface area (Å²) in [7, 11) is 3.35. The fraction of sp³-hybridized carbons (Fsp3) is 0.250. The van der Waals surface area contributed by atoms with Crippen molar-refractivity contribution in [1.82, 2.24) is 4.57 Å². The van der Waals surface area contributed by atoms with Crippen LogP contribution in [0.15, 0.2) is 29.0 Å². The summed E-state index contributed by atoms with van der Waals surface area (Å²) in [6.07, 6.45) is 3.30. The molecule has 0 saturated carbocycles. The Morgan fingerprint density at radius 1 is 1.59 bits per heavy atom. The van der Waals surface area contributed by atoms with Crippen molar-refractivity contribution in [2.45, 2.75) is 6.61 Å². The van der Waals surface area contributed by atoms with E-state index >= 15 is 0 Å². The SMILES string of the molecule is COCc1occ(-c2cccn2C)c1C(=O)O. The molecule has 90 valence electrons. The van der Waals surface area contributed by atoms with E-state index in [0.29, 0.717) is 11.3 Å². The number of aryl methyl sites for hydroxylation is 1. The number of furan rings is 1. The third-order valence-electron chi connectivity index (χ3n) is 2.58. The highest BCUT2D eigenvalue weighted by molar-refractivity contribution is 5.96. The van der Waals surface area contributed by atoms with Gasteiger partial charge in [0.05, 0.1) is 11.3 Å². The highest BCUT2D eigenvalue weighted by atomic mass is 16.5. The molecule has 2 aromatic heterocycles. The summed E-state index contributed by atoms with van der Waals surface area (Å²) in [5.41, 5.74) is 1.53. The molecule has 2 heterocycles. The van der Waals surface area contributed by atoms with Crippen LogP contribution in [0.5, 0.6) is 0 Å². The molecule has 0 aliphatic carbocycles. The first kappa shape index (κ1) is 11.5. The van der Waals surface area contributed by atoms with Crippen molar-refractivity contribution in [1.29, 1.82) is 0 Å². The first-order valence-corrected chi connectivity index (χ1v) is 5.09. The molecule has 0 radical (unpaired) electrons. The lowest BCUT2D eigenvalue weighted by Gasteiger charge is -2.02. The zero-order valence-electron chi connectivity index (χ0n) is 9.64. The van der Waals surface area contributed by atoms with E-state index < -0.39 is 5.97 Å². The number of carboxylic acid groups (broad SMARTS) is 1. The molecule has 0 saturated heterocycles. The third-order valence-corrected chi connectivity index (χ3v) is 2.58. The summed E-state index contributed by atoms with van der Waals surface area (Å²) in [6.45, 7) is 0.145. The summed E-state index contributed by atoms with van der Waals surface area (Å²) in [4.78, 5) is 11.3. The van der Waals surface area contributed by atoms with Crippen LogP contribution in [0.25, 0.3) is 11.3 Å². The number of hydrogen-bond donors (Lipinski definition) is 1. The van der Waals surface area contributed by atoms with Crippen LogP contribution in [0.2, 0.25) is 0 Å². The smallest absolute Gasteiger partial charge is 0.340 e. The average Bonchev–Trinajstić information content (AvgIpc) is 2.84. The Balaban J connectivity index is 2.55. The first-order valence-electron chi connectivity index (χ1n) is 5.09. The first-order chi connectivity index (χ1) is 8.15. The van der Waals surface area contributed by atoms with Crippen molar-refractivity contribution in [2.24, 2.45) is 7.05 Å². The van der Waals surface area contributed by atoms with E-state index in [1.807, 2.05) is 29.9 Å². The fourth-order valence-corrected chi connectivity index (χ4v) is 1.80. The largest absolute Gasteiger partial charge is 0.478 e. The Morgan fingerprint density at radius 2 is 2.35 bits per heavy atom. The van der Waals surface area contributed by atoms with Crippen LogP contribution in [-0.4, -0.2) is 22.8 Å². The summed E-state index contributed by atoms with van der Waals surface area (Å²) in [5, 5.41) is 9.23. The average molecular weight is 235 g/mol. The zero-order valence-corrected chi connectivity index (χ0v) is 9.64. The molecule has 0 amide bonds. The van der Waals surface area contributed by atoms with Crippen LogP contribution >= 0.6 is 0 Å². The molecule has 0 aromatic carbocycles. The molecular weight excluding hydrogens is 222 g/mol. The molecule has 17 heavy (non-hydrogen) atoms. The molecule has 0 unspecified atom stereocenters. The van der Waals surface area contributed by atoms with Crippen molar-refractivity contribution in [3.8, 4) is 11.3 Å². The number of carboxylic acids is 1.